The fraction of sp³-hybridized carbons (Fsp3) is 0.385. The number of amidine groups is 2. The standard InChI is InChI=1S/2C13H19N3O2S.2Cu/c2*1-4-16(5-2)13(19)15-14-9-10-8-11(18-3)6-7-12(10)17;;/h2*6-9,14H,4-5H2,1-3H3,(H,15,19);;/q;;2*+1/p-2/b2*10-9-;;. The number of ketones is 2. The molecule has 0 aliphatic heterocycles. The van der Waals surface area contributed by atoms with E-state index in [1.165, 1.54) is 24.6 Å². The average molecular weight is 688 g/mol. The molecule has 0 aromatic rings. The first-order chi connectivity index (χ1) is 18.2. The monoisotopic (exact) mass is 686 g/mol. The van der Waals surface area contributed by atoms with Gasteiger partial charge >= 0.3 is 34.1 Å². The van der Waals surface area contributed by atoms with E-state index in [1.807, 2.05) is 37.5 Å². The van der Waals surface area contributed by atoms with Crippen molar-refractivity contribution in [1.29, 1.82) is 0 Å². The van der Waals surface area contributed by atoms with E-state index in [4.69, 9.17) is 34.7 Å². The van der Waals surface area contributed by atoms with Crippen molar-refractivity contribution in [2.45, 2.75) is 27.7 Å². The third-order valence-electron chi connectivity index (χ3n) is 5.26. The van der Waals surface area contributed by atoms with Crippen LogP contribution < -0.4 is 10.9 Å². The summed E-state index contributed by atoms with van der Waals surface area (Å²) >= 11 is 10.3. The van der Waals surface area contributed by atoms with Gasteiger partial charge in [-0.2, -0.15) is 10.2 Å². The van der Waals surface area contributed by atoms with Crippen molar-refractivity contribution < 1.29 is 53.2 Å². The molecule has 0 aromatic carbocycles. The van der Waals surface area contributed by atoms with Crippen molar-refractivity contribution in [3.63, 3.8) is 0 Å². The Balaban J connectivity index is 0. The van der Waals surface area contributed by atoms with E-state index in [2.05, 4.69) is 21.1 Å². The van der Waals surface area contributed by atoms with Crippen LogP contribution in [0.2, 0.25) is 0 Å². The van der Waals surface area contributed by atoms with Crippen molar-refractivity contribution in [3.8, 4) is 0 Å². The summed E-state index contributed by atoms with van der Waals surface area (Å²) in [6.07, 6.45) is 12.5. The quantitative estimate of drug-likeness (QED) is 0.0890. The van der Waals surface area contributed by atoms with Gasteiger partial charge < -0.3 is 44.5 Å². The predicted molar refractivity (Wildman–Crippen MR) is 156 cm³/mol. The summed E-state index contributed by atoms with van der Waals surface area (Å²) in [5, 5.41) is 9.00. The van der Waals surface area contributed by atoms with E-state index < -0.39 is 0 Å². The van der Waals surface area contributed by atoms with Crippen molar-refractivity contribution in [3.05, 3.63) is 71.5 Å². The van der Waals surface area contributed by atoms with Crippen LogP contribution in [0.5, 0.6) is 0 Å². The Bertz CT molecular complexity index is 993. The first-order valence-electron chi connectivity index (χ1n) is 12.1. The molecule has 0 spiro atoms. The van der Waals surface area contributed by atoms with Crippen LogP contribution >= 0.6 is 0 Å². The van der Waals surface area contributed by atoms with Crippen molar-refractivity contribution in [1.82, 2.24) is 20.7 Å². The molecule has 228 valence electrons. The maximum atomic E-state index is 11.6. The first-order valence-corrected chi connectivity index (χ1v) is 12.9. The number of carbonyl (C=O) groups excluding carboxylic acids is 2. The summed E-state index contributed by atoms with van der Waals surface area (Å²) in [6, 6.07) is 0. The summed E-state index contributed by atoms with van der Waals surface area (Å²) in [7, 11) is 3.10. The van der Waals surface area contributed by atoms with Crippen molar-refractivity contribution >= 4 is 47.2 Å². The Morgan fingerprint density at radius 2 is 1.05 bits per heavy atom. The van der Waals surface area contributed by atoms with E-state index in [1.54, 1.807) is 38.5 Å². The molecule has 10 nitrogen and oxygen atoms in total. The van der Waals surface area contributed by atoms with E-state index in [9.17, 15) is 9.59 Å². The maximum Gasteiger partial charge on any atom is 1.00 e. The molecule has 2 rings (SSSR count). The van der Waals surface area contributed by atoms with Crippen LogP contribution in [-0.2, 0) is 78.5 Å². The number of nitrogens with zero attached hydrogens (tertiary/aromatic N) is 4. The minimum absolute atomic E-state index is 0. The van der Waals surface area contributed by atoms with Crippen LogP contribution in [0.25, 0.3) is 0 Å². The molecule has 0 unspecified atom stereocenters. The van der Waals surface area contributed by atoms with Gasteiger partial charge in [0.15, 0.2) is 11.6 Å². The second kappa shape index (κ2) is 22.1. The zero-order valence-electron chi connectivity index (χ0n) is 23.3. The molecule has 0 atom stereocenters. The molecule has 0 fully saturated rings. The number of hydrazone groups is 2. The molecule has 0 heterocycles. The Kier molecular flexibility index (Phi) is 21.9. The summed E-state index contributed by atoms with van der Waals surface area (Å²) in [5.74, 6) is 1.05. The Morgan fingerprint density at radius 1 is 0.725 bits per heavy atom. The third kappa shape index (κ3) is 13.6. The van der Waals surface area contributed by atoms with Crippen LogP contribution in [0.15, 0.2) is 81.7 Å². The minimum atomic E-state index is -0.0998. The van der Waals surface area contributed by atoms with Gasteiger partial charge in [0.2, 0.25) is 0 Å². The van der Waals surface area contributed by atoms with Gasteiger partial charge in [0, 0.05) is 49.7 Å². The largest absolute Gasteiger partial charge is 1.00 e. The van der Waals surface area contributed by atoms with Gasteiger partial charge in [-0.15, -0.1) is 0 Å². The molecule has 0 radical (unpaired) electrons. The summed E-state index contributed by atoms with van der Waals surface area (Å²) in [5.41, 5.74) is 6.36. The normalized spacial score (nSPS) is 16.6. The van der Waals surface area contributed by atoms with E-state index in [0.717, 1.165) is 26.2 Å². The molecular formula is C26H36Cu2N6O4S2. The van der Waals surface area contributed by atoms with Gasteiger partial charge in [0.05, 0.1) is 14.2 Å². The zero-order chi connectivity index (χ0) is 28.5. The average Bonchev–Trinajstić information content (AvgIpc) is 2.92. The number of methoxy groups -OCH3 is 2. The number of allylic oxidation sites excluding steroid dienone is 8. The first kappa shape index (κ1) is 39.5. The molecule has 0 saturated heterocycles. The minimum Gasteiger partial charge on any atom is -0.741 e. The van der Waals surface area contributed by atoms with E-state index in [-0.39, 0.29) is 45.7 Å². The molecular weight excluding hydrogens is 652 g/mol. The van der Waals surface area contributed by atoms with Crippen LogP contribution in [-0.4, -0.2) is 72.1 Å². The molecule has 0 bridgehead atoms. The van der Waals surface area contributed by atoms with Gasteiger partial charge in [-0.3, -0.25) is 20.4 Å². The van der Waals surface area contributed by atoms with Crippen molar-refractivity contribution in [2.24, 2.45) is 10.2 Å². The molecule has 2 N–H and O–H groups in total. The molecule has 14 heteroatoms. The Hall–Kier alpha value is -2.60. The van der Waals surface area contributed by atoms with Gasteiger partial charge in [-0.1, -0.05) is 0 Å². The smallest absolute Gasteiger partial charge is 0.741 e. The molecule has 0 saturated carbocycles. The Labute approximate surface area is 269 Å². The fourth-order valence-corrected chi connectivity index (χ4v) is 3.60. The summed E-state index contributed by atoms with van der Waals surface area (Å²) in [4.78, 5) is 27.1. The third-order valence-corrected chi connectivity index (χ3v) is 5.96. The van der Waals surface area contributed by atoms with Gasteiger partial charge in [-0.05, 0) is 74.5 Å². The SMILES string of the molecule is CCN(CC)/C([S-])=N/N/C=C1/C=C(OC)C=CC1=O.CCN(CC)/C([S-])=N\N/C=C1/C=C(OC)C=CC1=O.[Cu+].[Cu+]. The number of rotatable bonds is 10. The van der Waals surface area contributed by atoms with Crippen LogP contribution in [0.1, 0.15) is 27.7 Å². The molecule has 0 amide bonds. The molecule has 2 aliphatic carbocycles. The number of hydrogen-bond acceptors (Lipinski definition) is 10. The van der Waals surface area contributed by atoms with E-state index in [0.29, 0.717) is 33.0 Å². The molecule has 40 heavy (non-hydrogen) atoms. The van der Waals surface area contributed by atoms with Crippen LogP contribution in [0.3, 0.4) is 0 Å². The maximum absolute atomic E-state index is 11.6. The van der Waals surface area contributed by atoms with Crippen molar-refractivity contribution in [2.75, 3.05) is 40.4 Å². The zero-order valence-corrected chi connectivity index (χ0v) is 26.8. The number of carbonyl (C=O) groups is 2. The predicted octanol–water partition coefficient (Wildman–Crippen LogP) is 2.57. The second-order valence-electron chi connectivity index (χ2n) is 7.49. The van der Waals surface area contributed by atoms with E-state index >= 15 is 0 Å². The molecule has 2 aliphatic rings. The Morgan fingerprint density at radius 3 is 1.32 bits per heavy atom. The van der Waals surface area contributed by atoms with Crippen LogP contribution in [0.4, 0.5) is 0 Å². The number of nitrogens with one attached hydrogen (secondary N) is 2. The fourth-order valence-electron chi connectivity index (χ4n) is 2.98. The van der Waals surface area contributed by atoms with Crippen LogP contribution in [0, 0.1) is 0 Å². The summed E-state index contributed by atoms with van der Waals surface area (Å²) < 4.78 is 10.1. The topological polar surface area (TPSA) is 108 Å². The summed E-state index contributed by atoms with van der Waals surface area (Å²) in [6.45, 7) is 11.2. The van der Waals surface area contributed by atoms with Gasteiger partial charge in [-0.25, -0.2) is 0 Å². The van der Waals surface area contributed by atoms with Gasteiger partial charge in [0.25, 0.3) is 0 Å². The number of ether oxygens (including phenoxy) is 2. The van der Waals surface area contributed by atoms with Gasteiger partial charge in [0.1, 0.15) is 11.5 Å². The second-order valence-corrected chi connectivity index (χ2v) is 8.22. The number of hydrogen-bond donors (Lipinski definition) is 2. The molecule has 0 aromatic heterocycles.